The number of hydrogen-bond acceptors (Lipinski definition) is 12. The van der Waals surface area contributed by atoms with Crippen molar-refractivity contribution in [3.05, 3.63) is 78.0 Å². The summed E-state index contributed by atoms with van der Waals surface area (Å²) in [6.45, 7) is 6.27. The van der Waals surface area contributed by atoms with Gasteiger partial charge in [0.25, 0.3) is 11.8 Å². The minimum Gasteiger partial charge on any atom is -0.442 e. The molecule has 1 aromatic heterocycles. The minimum absolute atomic E-state index is 0.178. The number of hydrogen-bond donors (Lipinski definition) is 9. The predicted octanol–water partition coefficient (Wildman–Crippen LogP) is -0.129. The first kappa shape index (κ1) is 41.4. The van der Waals surface area contributed by atoms with E-state index >= 15 is 0 Å². The van der Waals surface area contributed by atoms with Crippen LogP contribution in [0.5, 0.6) is 0 Å². The lowest BCUT2D eigenvalue weighted by molar-refractivity contribution is -0.133. The number of oxazole rings is 1. The predicted molar refractivity (Wildman–Crippen MR) is 192 cm³/mol. The minimum atomic E-state index is -1.58. The number of benzene rings is 2. The molecule has 0 bridgehead atoms. The summed E-state index contributed by atoms with van der Waals surface area (Å²) in [5.74, 6) is -3.47. The van der Waals surface area contributed by atoms with Crippen molar-refractivity contribution in [2.75, 3.05) is 13.1 Å². The van der Waals surface area contributed by atoms with Crippen molar-refractivity contribution in [2.24, 2.45) is 11.5 Å². The first-order valence-electron chi connectivity index (χ1n) is 17.1. The number of aliphatic hydroxyl groups is 2. The maximum absolute atomic E-state index is 13.2. The van der Waals surface area contributed by atoms with Gasteiger partial charge < -0.3 is 47.4 Å². The molecule has 11 N–H and O–H groups in total. The number of amides is 4. The molecule has 1 unspecified atom stereocenters. The average Bonchev–Trinajstić information content (AvgIpc) is 3.67. The van der Waals surface area contributed by atoms with Crippen LogP contribution >= 0.6 is 0 Å². The first-order chi connectivity index (χ1) is 24.7. The summed E-state index contributed by atoms with van der Waals surface area (Å²) in [7, 11) is 0. The van der Waals surface area contributed by atoms with Gasteiger partial charge in [-0.3, -0.25) is 29.3 Å². The molecule has 0 saturated heterocycles. The highest BCUT2D eigenvalue weighted by molar-refractivity contribution is 5.99. The quantitative estimate of drug-likeness (QED) is 0.0420. The van der Waals surface area contributed by atoms with Crippen LogP contribution in [-0.2, 0) is 14.4 Å². The maximum Gasteiger partial charge on any atom is 0.265 e. The topological polar surface area (TPSA) is 264 Å². The molecule has 3 rings (SSSR count). The van der Waals surface area contributed by atoms with Crippen LogP contribution in [-0.4, -0.2) is 100 Å². The number of Topliss-reactive ketones (excluding diaryl/α,β-unsaturated/α-hetero) is 1. The zero-order valence-corrected chi connectivity index (χ0v) is 29.8. The monoisotopic (exact) mass is 722 g/mol. The van der Waals surface area contributed by atoms with Crippen molar-refractivity contribution in [3.63, 3.8) is 0 Å². The van der Waals surface area contributed by atoms with Gasteiger partial charge >= 0.3 is 0 Å². The summed E-state index contributed by atoms with van der Waals surface area (Å²) in [5, 5.41) is 34.2. The molecular formula is C36H50N8O8. The van der Waals surface area contributed by atoms with Crippen molar-refractivity contribution in [3.8, 4) is 11.1 Å². The maximum atomic E-state index is 13.2. The van der Waals surface area contributed by atoms with E-state index in [-0.39, 0.29) is 18.9 Å². The zero-order chi connectivity index (χ0) is 38.4. The van der Waals surface area contributed by atoms with Crippen LogP contribution < -0.4 is 38.1 Å². The van der Waals surface area contributed by atoms with E-state index in [1.54, 1.807) is 24.3 Å². The molecule has 0 spiro atoms. The van der Waals surface area contributed by atoms with Gasteiger partial charge in [-0.1, -0.05) is 42.0 Å². The standard InChI is InChI=1S/C36H50N8O8/c1-20-8-10-24(11-9-20)25-12-14-26(15-13-25)32(48)43-28(19-38)34(50)44-29(23(4)45)35(51)41-22(3)31(47)42-27(7-5-6-16-37)33(49)40-21(2)30(46)36-39-17-18-52-36/h8-15,17-18,21-23,27-29,34,44-45,50H,5-7,16,19,37-38H2,1-4H3,(H,40,49)(H,41,51)(H,42,47)(H,43,48)/t21-,22-,23+,27-,28-,29-,34?/m0/s1. The first-order valence-corrected chi connectivity index (χ1v) is 17.1. The molecule has 0 aliphatic carbocycles. The van der Waals surface area contributed by atoms with Gasteiger partial charge in [0.15, 0.2) is 0 Å². The van der Waals surface area contributed by atoms with Crippen molar-refractivity contribution in [1.29, 1.82) is 0 Å². The largest absolute Gasteiger partial charge is 0.442 e. The van der Waals surface area contributed by atoms with Gasteiger partial charge in [-0.05, 0) is 76.8 Å². The molecular weight excluding hydrogens is 672 g/mol. The fourth-order valence-electron chi connectivity index (χ4n) is 5.15. The molecule has 52 heavy (non-hydrogen) atoms. The third-order valence-electron chi connectivity index (χ3n) is 8.33. The van der Waals surface area contributed by atoms with E-state index < -0.39 is 72.0 Å². The zero-order valence-electron chi connectivity index (χ0n) is 29.8. The molecule has 4 amide bonds. The van der Waals surface area contributed by atoms with Crippen LogP contribution in [0.1, 0.15) is 66.6 Å². The fourth-order valence-corrected chi connectivity index (χ4v) is 5.15. The van der Waals surface area contributed by atoms with E-state index in [4.69, 9.17) is 15.9 Å². The van der Waals surface area contributed by atoms with Crippen molar-refractivity contribution < 1.29 is 38.6 Å². The van der Waals surface area contributed by atoms with E-state index in [1.165, 1.54) is 33.2 Å². The van der Waals surface area contributed by atoms with Crippen LogP contribution in [0.3, 0.4) is 0 Å². The number of aromatic nitrogens is 1. The van der Waals surface area contributed by atoms with E-state index in [9.17, 15) is 34.2 Å². The Morgan fingerprint density at radius 3 is 1.96 bits per heavy atom. The highest BCUT2D eigenvalue weighted by atomic mass is 16.3. The fraction of sp³-hybridized carbons (Fsp3) is 0.444. The highest BCUT2D eigenvalue weighted by Gasteiger charge is 2.33. The van der Waals surface area contributed by atoms with Gasteiger partial charge in [0.2, 0.25) is 23.5 Å². The third kappa shape index (κ3) is 12.1. The highest BCUT2D eigenvalue weighted by Crippen LogP contribution is 2.20. The summed E-state index contributed by atoms with van der Waals surface area (Å²) in [4.78, 5) is 68.8. The van der Waals surface area contributed by atoms with Crippen molar-refractivity contribution >= 4 is 29.4 Å². The molecule has 0 radical (unpaired) electrons. The average molecular weight is 723 g/mol. The second-order valence-corrected chi connectivity index (χ2v) is 12.6. The van der Waals surface area contributed by atoms with Gasteiger partial charge in [-0.2, -0.15) is 0 Å². The van der Waals surface area contributed by atoms with Gasteiger partial charge in [-0.15, -0.1) is 0 Å². The Balaban J connectivity index is 1.59. The number of aryl methyl sites for hydroxylation is 1. The van der Waals surface area contributed by atoms with Crippen LogP contribution in [0.15, 0.2) is 65.4 Å². The van der Waals surface area contributed by atoms with E-state index in [0.717, 1.165) is 16.7 Å². The molecule has 0 fully saturated rings. The SMILES string of the molecule is Cc1ccc(-c2ccc(C(=O)N[C@@H](CN)C(O)N[C@H](C(=O)N[C@@H](C)C(=O)N[C@@H](CCCCN)C(=O)N[C@@H](C)C(=O)c3ncco3)[C@@H](C)O)cc2)cc1. The van der Waals surface area contributed by atoms with Crippen molar-refractivity contribution in [2.45, 2.75) is 89.5 Å². The lowest BCUT2D eigenvalue weighted by atomic mass is 10.0. The molecule has 0 aliphatic rings. The molecule has 16 nitrogen and oxygen atoms in total. The summed E-state index contributed by atoms with van der Waals surface area (Å²) in [6.07, 6.45) is 0.856. The molecule has 3 aromatic rings. The van der Waals surface area contributed by atoms with Crippen molar-refractivity contribution in [1.82, 2.24) is 31.6 Å². The van der Waals surface area contributed by atoms with Crippen LogP contribution in [0, 0.1) is 6.92 Å². The number of rotatable bonds is 20. The Morgan fingerprint density at radius 1 is 0.788 bits per heavy atom. The number of carbonyl (C=O) groups is 5. The molecule has 7 atom stereocenters. The van der Waals surface area contributed by atoms with Crippen LogP contribution in [0.4, 0.5) is 0 Å². The molecule has 2 aromatic carbocycles. The molecule has 16 heteroatoms. The number of carbonyl (C=O) groups excluding carboxylic acids is 5. The molecule has 0 aliphatic heterocycles. The Kier molecular flexibility index (Phi) is 16.0. The number of nitrogens with zero attached hydrogens (tertiary/aromatic N) is 1. The normalized spacial score (nSPS) is 15.2. The van der Waals surface area contributed by atoms with E-state index in [0.29, 0.717) is 24.9 Å². The Morgan fingerprint density at radius 2 is 1.40 bits per heavy atom. The molecule has 282 valence electrons. The smallest absolute Gasteiger partial charge is 0.265 e. The summed E-state index contributed by atoms with van der Waals surface area (Å²) < 4.78 is 5.01. The second kappa shape index (κ2) is 20.1. The second-order valence-electron chi connectivity index (χ2n) is 12.6. The summed E-state index contributed by atoms with van der Waals surface area (Å²) >= 11 is 0. The number of nitrogens with one attached hydrogen (secondary N) is 5. The van der Waals surface area contributed by atoms with Gasteiger partial charge in [0, 0.05) is 12.1 Å². The lowest BCUT2D eigenvalue weighted by Gasteiger charge is -2.30. The van der Waals surface area contributed by atoms with Crippen LogP contribution in [0.25, 0.3) is 11.1 Å². The third-order valence-corrected chi connectivity index (χ3v) is 8.33. The number of unbranched alkanes of at least 4 members (excludes halogenated alkanes) is 1. The molecule has 0 saturated carbocycles. The van der Waals surface area contributed by atoms with E-state index in [2.05, 4.69) is 31.6 Å². The van der Waals surface area contributed by atoms with Gasteiger partial charge in [0.05, 0.1) is 24.4 Å². The van der Waals surface area contributed by atoms with Gasteiger partial charge in [0.1, 0.15) is 30.6 Å². The van der Waals surface area contributed by atoms with E-state index in [1.807, 2.05) is 31.2 Å². The molecule has 1 heterocycles. The Labute approximate surface area is 302 Å². The lowest BCUT2D eigenvalue weighted by Crippen LogP contribution is -2.62. The summed E-state index contributed by atoms with van der Waals surface area (Å²) in [6, 6.07) is 9.05. The number of nitrogens with two attached hydrogens (primary N) is 2. The summed E-state index contributed by atoms with van der Waals surface area (Å²) in [5.41, 5.74) is 14.8. The number of aliphatic hydroxyl groups excluding tert-OH is 2. The van der Waals surface area contributed by atoms with Gasteiger partial charge in [-0.25, -0.2) is 4.98 Å². The van der Waals surface area contributed by atoms with Crippen LogP contribution in [0.2, 0.25) is 0 Å². The number of ketones is 1. The Hall–Kier alpha value is -5.00. The Bertz CT molecular complexity index is 1620.